The van der Waals surface area contributed by atoms with E-state index >= 15 is 0 Å². The SMILES string of the molecule is CCNCc1sc(-c2ccc(C(C)C)cc2)nc1CC. The number of benzene rings is 1. The van der Waals surface area contributed by atoms with Crippen molar-refractivity contribution in [1.82, 2.24) is 10.3 Å². The predicted octanol–water partition coefficient (Wildman–Crippen LogP) is 4.61. The maximum absolute atomic E-state index is 4.80. The lowest BCUT2D eigenvalue weighted by Gasteiger charge is -2.05. The summed E-state index contributed by atoms with van der Waals surface area (Å²) in [5.41, 5.74) is 3.85. The Bertz CT molecular complexity index is 541. The van der Waals surface area contributed by atoms with E-state index in [1.54, 1.807) is 0 Å². The van der Waals surface area contributed by atoms with Gasteiger partial charge in [0.2, 0.25) is 0 Å². The molecule has 0 unspecified atom stereocenters. The Kier molecular flexibility index (Phi) is 5.32. The van der Waals surface area contributed by atoms with Crippen LogP contribution >= 0.6 is 11.3 Å². The van der Waals surface area contributed by atoms with Crippen molar-refractivity contribution in [3.05, 3.63) is 40.4 Å². The minimum Gasteiger partial charge on any atom is -0.312 e. The van der Waals surface area contributed by atoms with Crippen LogP contribution in [0.1, 0.15) is 49.7 Å². The summed E-state index contributed by atoms with van der Waals surface area (Å²) in [7, 11) is 0. The highest BCUT2D eigenvalue weighted by atomic mass is 32.1. The topological polar surface area (TPSA) is 24.9 Å². The molecule has 2 rings (SSSR count). The highest BCUT2D eigenvalue weighted by Gasteiger charge is 2.11. The van der Waals surface area contributed by atoms with Gasteiger partial charge in [0.1, 0.15) is 5.01 Å². The minimum atomic E-state index is 0.580. The van der Waals surface area contributed by atoms with Gasteiger partial charge in [-0.05, 0) is 24.4 Å². The molecule has 1 aromatic heterocycles. The Hall–Kier alpha value is -1.19. The fourth-order valence-corrected chi connectivity index (χ4v) is 3.30. The fraction of sp³-hybridized carbons (Fsp3) is 0.471. The monoisotopic (exact) mass is 288 g/mol. The summed E-state index contributed by atoms with van der Waals surface area (Å²) in [6, 6.07) is 8.84. The maximum Gasteiger partial charge on any atom is 0.123 e. The van der Waals surface area contributed by atoms with Gasteiger partial charge in [-0.25, -0.2) is 4.98 Å². The highest BCUT2D eigenvalue weighted by Crippen LogP contribution is 2.29. The fourth-order valence-electron chi connectivity index (χ4n) is 2.17. The van der Waals surface area contributed by atoms with E-state index in [1.807, 2.05) is 11.3 Å². The predicted molar refractivity (Wildman–Crippen MR) is 88.4 cm³/mol. The van der Waals surface area contributed by atoms with Crippen molar-refractivity contribution in [2.75, 3.05) is 6.54 Å². The zero-order valence-electron chi connectivity index (χ0n) is 12.9. The summed E-state index contributed by atoms with van der Waals surface area (Å²) >= 11 is 1.82. The number of aromatic nitrogens is 1. The summed E-state index contributed by atoms with van der Waals surface area (Å²) in [6.07, 6.45) is 1.00. The zero-order valence-corrected chi connectivity index (χ0v) is 13.7. The van der Waals surface area contributed by atoms with Gasteiger partial charge in [0.05, 0.1) is 5.69 Å². The molecule has 0 amide bonds. The van der Waals surface area contributed by atoms with Crippen molar-refractivity contribution in [3.8, 4) is 10.6 Å². The van der Waals surface area contributed by atoms with Crippen LogP contribution in [-0.4, -0.2) is 11.5 Å². The van der Waals surface area contributed by atoms with E-state index in [0.29, 0.717) is 5.92 Å². The van der Waals surface area contributed by atoms with Crippen molar-refractivity contribution in [3.63, 3.8) is 0 Å². The lowest BCUT2D eigenvalue weighted by Crippen LogP contribution is -2.11. The molecule has 0 aliphatic heterocycles. The molecule has 108 valence electrons. The largest absolute Gasteiger partial charge is 0.312 e. The first-order valence-electron chi connectivity index (χ1n) is 7.45. The Morgan fingerprint density at radius 3 is 2.40 bits per heavy atom. The van der Waals surface area contributed by atoms with E-state index in [4.69, 9.17) is 4.98 Å². The zero-order chi connectivity index (χ0) is 14.5. The first-order valence-corrected chi connectivity index (χ1v) is 8.27. The molecule has 1 N–H and O–H groups in total. The van der Waals surface area contributed by atoms with Gasteiger partial charge in [-0.3, -0.25) is 0 Å². The third-order valence-corrected chi connectivity index (χ3v) is 4.62. The Labute approximate surface area is 126 Å². The summed E-state index contributed by atoms with van der Waals surface area (Å²) in [6.45, 7) is 10.7. The van der Waals surface area contributed by atoms with Crippen molar-refractivity contribution in [2.24, 2.45) is 0 Å². The van der Waals surface area contributed by atoms with Crippen molar-refractivity contribution >= 4 is 11.3 Å². The first kappa shape index (κ1) is 15.2. The number of nitrogens with one attached hydrogen (secondary N) is 1. The summed E-state index contributed by atoms with van der Waals surface area (Å²) in [4.78, 5) is 6.18. The van der Waals surface area contributed by atoms with Crippen LogP contribution in [0.2, 0.25) is 0 Å². The van der Waals surface area contributed by atoms with Crippen molar-refractivity contribution in [1.29, 1.82) is 0 Å². The van der Waals surface area contributed by atoms with Crippen LogP contribution in [-0.2, 0) is 13.0 Å². The summed E-state index contributed by atoms with van der Waals surface area (Å²) < 4.78 is 0. The van der Waals surface area contributed by atoms with Gasteiger partial charge >= 0.3 is 0 Å². The van der Waals surface area contributed by atoms with Gasteiger partial charge in [-0.15, -0.1) is 11.3 Å². The van der Waals surface area contributed by atoms with Crippen LogP contribution in [0, 0.1) is 0 Å². The van der Waals surface area contributed by atoms with Crippen LogP contribution in [0.3, 0.4) is 0 Å². The molecule has 1 heterocycles. The molecular weight excluding hydrogens is 264 g/mol. The van der Waals surface area contributed by atoms with Gasteiger partial charge in [0, 0.05) is 17.0 Å². The van der Waals surface area contributed by atoms with Crippen LogP contribution in [0.5, 0.6) is 0 Å². The van der Waals surface area contributed by atoms with Gasteiger partial charge in [-0.2, -0.15) is 0 Å². The molecular formula is C17H24N2S. The minimum absolute atomic E-state index is 0.580. The standard InChI is InChI=1S/C17H24N2S/c1-5-15-16(11-18-6-2)20-17(19-15)14-9-7-13(8-10-14)12(3)4/h7-10,12,18H,5-6,11H2,1-4H3. The van der Waals surface area contributed by atoms with Crippen LogP contribution in [0.25, 0.3) is 10.6 Å². The molecule has 0 radical (unpaired) electrons. The van der Waals surface area contributed by atoms with E-state index in [-0.39, 0.29) is 0 Å². The van der Waals surface area contributed by atoms with Gasteiger partial charge in [-0.1, -0.05) is 52.0 Å². The molecule has 1 aromatic carbocycles. The molecule has 2 aromatic rings. The normalized spacial score (nSPS) is 11.2. The third-order valence-electron chi connectivity index (χ3n) is 3.47. The molecule has 3 heteroatoms. The molecule has 0 aliphatic rings. The second-order valence-electron chi connectivity index (χ2n) is 5.30. The van der Waals surface area contributed by atoms with E-state index in [1.165, 1.54) is 21.7 Å². The maximum atomic E-state index is 4.80. The summed E-state index contributed by atoms with van der Waals surface area (Å²) in [5.74, 6) is 0.580. The molecule has 0 fully saturated rings. The number of rotatable bonds is 6. The van der Waals surface area contributed by atoms with E-state index in [0.717, 1.165) is 24.5 Å². The molecule has 0 saturated heterocycles. The quantitative estimate of drug-likeness (QED) is 0.840. The van der Waals surface area contributed by atoms with Crippen molar-refractivity contribution < 1.29 is 0 Å². The molecule has 20 heavy (non-hydrogen) atoms. The van der Waals surface area contributed by atoms with Gasteiger partial charge in [0.15, 0.2) is 0 Å². The summed E-state index contributed by atoms with van der Waals surface area (Å²) in [5, 5.41) is 4.54. The van der Waals surface area contributed by atoms with Crippen LogP contribution < -0.4 is 5.32 Å². The van der Waals surface area contributed by atoms with Crippen molar-refractivity contribution in [2.45, 2.75) is 46.6 Å². The second-order valence-corrected chi connectivity index (χ2v) is 6.38. The molecule has 0 aliphatic carbocycles. The number of thiazole rings is 1. The lowest BCUT2D eigenvalue weighted by molar-refractivity contribution is 0.727. The lowest BCUT2D eigenvalue weighted by atomic mass is 10.0. The Balaban J connectivity index is 2.25. The van der Waals surface area contributed by atoms with E-state index in [2.05, 4.69) is 57.3 Å². The number of hydrogen-bond donors (Lipinski definition) is 1. The number of aryl methyl sites for hydroxylation is 1. The molecule has 0 atom stereocenters. The molecule has 0 bridgehead atoms. The second kappa shape index (κ2) is 7.00. The molecule has 0 saturated carbocycles. The Morgan fingerprint density at radius 2 is 1.85 bits per heavy atom. The average molecular weight is 288 g/mol. The van der Waals surface area contributed by atoms with Gasteiger partial charge < -0.3 is 5.32 Å². The highest BCUT2D eigenvalue weighted by molar-refractivity contribution is 7.15. The first-order chi connectivity index (χ1) is 9.65. The smallest absolute Gasteiger partial charge is 0.123 e. The molecule has 0 spiro atoms. The Morgan fingerprint density at radius 1 is 1.15 bits per heavy atom. The molecule has 2 nitrogen and oxygen atoms in total. The third kappa shape index (κ3) is 3.47. The number of hydrogen-bond acceptors (Lipinski definition) is 3. The van der Waals surface area contributed by atoms with Crippen LogP contribution in [0.15, 0.2) is 24.3 Å². The average Bonchev–Trinajstić information content (AvgIpc) is 2.88. The van der Waals surface area contributed by atoms with E-state index in [9.17, 15) is 0 Å². The number of nitrogens with zero attached hydrogens (tertiary/aromatic N) is 1. The van der Waals surface area contributed by atoms with Gasteiger partial charge in [0.25, 0.3) is 0 Å². The van der Waals surface area contributed by atoms with E-state index < -0.39 is 0 Å². The van der Waals surface area contributed by atoms with Crippen LogP contribution in [0.4, 0.5) is 0 Å².